The quantitative estimate of drug-likeness (QED) is 0.107. The lowest BCUT2D eigenvalue weighted by Crippen LogP contribution is -2.36. The molecule has 1 fully saturated rings. The van der Waals surface area contributed by atoms with Crippen LogP contribution in [0.4, 0.5) is 0 Å². The lowest BCUT2D eigenvalue weighted by Gasteiger charge is -2.35. The van der Waals surface area contributed by atoms with Crippen LogP contribution in [0.3, 0.4) is 0 Å². The summed E-state index contributed by atoms with van der Waals surface area (Å²) in [5.74, 6) is 6.43. The molecule has 3 atom stereocenters. The maximum Gasteiger partial charge on any atom is 0.165 e. The van der Waals surface area contributed by atoms with E-state index in [1.807, 2.05) is 96.2 Å². The van der Waals surface area contributed by atoms with E-state index >= 15 is 0 Å². The number of allylic oxidation sites excluding steroid dienone is 16. The van der Waals surface area contributed by atoms with Crippen molar-refractivity contribution in [2.24, 2.45) is 16.2 Å². The molecule has 44 heavy (non-hydrogen) atoms. The van der Waals surface area contributed by atoms with Crippen molar-refractivity contribution in [1.29, 1.82) is 0 Å². The van der Waals surface area contributed by atoms with E-state index in [1.54, 1.807) is 13.0 Å². The summed E-state index contributed by atoms with van der Waals surface area (Å²) in [6.07, 6.45) is 22.6. The number of aliphatic hydroxyl groups is 3. The van der Waals surface area contributed by atoms with Gasteiger partial charge in [-0.3, -0.25) is 4.79 Å². The van der Waals surface area contributed by atoms with Gasteiger partial charge in [-0.15, -0.1) is 0 Å². The number of carbonyl (C=O) groups excluding carboxylic acids is 1. The molecule has 0 bridgehead atoms. The molecule has 4 nitrogen and oxygen atoms in total. The largest absolute Gasteiger partial charge is 0.508 e. The number of carbonyl (C=O) groups is 1. The molecule has 0 aromatic heterocycles. The van der Waals surface area contributed by atoms with E-state index < -0.39 is 11.5 Å². The van der Waals surface area contributed by atoms with Crippen LogP contribution in [0.1, 0.15) is 94.9 Å². The highest BCUT2D eigenvalue weighted by Gasteiger charge is 2.53. The van der Waals surface area contributed by atoms with E-state index in [2.05, 4.69) is 32.6 Å². The summed E-state index contributed by atoms with van der Waals surface area (Å²) < 4.78 is 0. The summed E-state index contributed by atoms with van der Waals surface area (Å²) in [7, 11) is 0. The third kappa shape index (κ3) is 10.4. The average molecular weight is 599 g/mol. The Labute approximate surface area is 266 Å². The zero-order valence-electron chi connectivity index (χ0n) is 28.6. The van der Waals surface area contributed by atoms with E-state index in [0.29, 0.717) is 24.8 Å². The number of aliphatic hydroxyl groups excluding tert-OH is 3. The lowest BCUT2D eigenvalue weighted by molar-refractivity contribution is -0.127. The molecule has 2 rings (SSSR count). The molecule has 0 aromatic rings. The Kier molecular flexibility index (Phi) is 13.0. The van der Waals surface area contributed by atoms with Crippen LogP contribution in [0.25, 0.3) is 0 Å². The molecule has 0 saturated heterocycles. The number of hydrogen-bond donors (Lipinski definition) is 3. The maximum absolute atomic E-state index is 13.0. The first-order valence-corrected chi connectivity index (χ1v) is 15.6. The molecule has 0 radical (unpaired) electrons. The topological polar surface area (TPSA) is 77.8 Å². The highest BCUT2D eigenvalue weighted by Crippen LogP contribution is 2.53. The fourth-order valence-corrected chi connectivity index (χ4v) is 6.04. The third-order valence-corrected chi connectivity index (χ3v) is 9.12. The van der Waals surface area contributed by atoms with Crippen LogP contribution in [0, 0.1) is 28.1 Å². The smallest absolute Gasteiger partial charge is 0.165 e. The third-order valence-electron chi connectivity index (χ3n) is 9.12. The van der Waals surface area contributed by atoms with Gasteiger partial charge in [0, 0.05) is 22.5 Å². The molecular weight excluding hydrogens is 544 g/mol. The van der Waals surface area contributed by atoms with Gasteiger partial charge >= 0.3 is 0 Å². The van der Waals surface area contributed by atoms with Crippen molar-refractivity contribution in [1.82, 2.24) is 0 Å². The minimum atomic E-state index is -0.703. The fourth-order valence-electron chi connectivity index (χ4n) is 6.04. The number of hydrogen-bond acceptors (Lipinski definition) is 4. The highest BCUT2D eigenvalue weighted by molar-refractivity contribution is 5.96. The summed E-state index contributed by atoms with van der Waals surface area (Å²) in [5.41, 5.74) is 4.93. The first-order chi connectivity index (χ1) is 20.4. The number of rotatable bonds is 9. The van der Waals surface area contributed by atoms with E-state index in [4.69, 9.17) is 0 Å². The standard InChI is InChI=1S/C40H54O4/c1-28(17-13-18-30(3)21-22-35-32(5)23-33(41)25-38(35,6)7)15-11-12-16-29(2)19-14-20-31(4)36(43)24-37(44)40(10)27-34(42)26-39(40,8)9/h11-20,24,33-34,41-43H,23,25-27H2,1-10H3/b12-11+,17-13+,19-14+,28-15+,29-16+,30-18+,31-20+,36-24-/t33-,34+,40+/m1/s1. The van der Waals surface area contributed by atoms with Crippen LogP contribution in [0.15, 0.2) is 106 Å². The van der Waals surface area contributed by atoms with Crippen molar-refractivity contribution < 1.29 is 20.1 Å². The van der Waals surface area contributed by atoms with Gasteiger partial charge in [0.05, 0.1) is 12.2 Å². The molecule has 3 N–H and O–H groups in total. The number of ketones is 1. The second-order valence-electron chi connectivity index (χ2n) is 14.1. The minimum absolute atomic E-state index is 0.0493. The Morgan fingerprint density at radius 3 is 1.89 bits per heavy atom. The van der Waals surface area contributed by atoms with Crippen LogP contribution < -0.4 is 0 Å². The monoisotopic (exact) mass is 598 g/mol. The first kappa shape index (κ1) is 36.8. The van der Waals surface area contributed by atoms with E-state index in [0.717, 1.165) is 28.7 Å². The van der Waals surface area contributed by atoms with Gasteiger partial charge in [0.25, 0.3) is 0 Å². The van der Waals surface area contributed by atoms with Crippen LogP contribution in [0.2, 0.25) is 0 Å². The zero-order valence-corrected chi connectivity index (χ0v) is 28.6. The fraction of sp³-hybridized carbons (Fsp3) is 0.475. The van der Waals surface area contributed by atoms with E-state index in [1.165, 1.54) is 11.6 Å². The van der Waals surface area contributed by atoms with Gasteiger partial charge in [0.15, 0.2) is 5.78 Å². The van der Waals surface area contributed by atoms with Crippen molar-refractivity contribution in [3.05, 3.63) is 106 Å². The second-order valence-corrected chi connectivity index (χ2v) is 14.1. The molecule has 0 amide bonds. The van der Waals surface area contributed by atoms with Gasteiger partial charge in [-0.2, -0.15) is 0 Å². The highest BCUT2D eigenvalue weighted by atomic mass is 16.3. The molecule has 0 aliphatic heterocycles. The van der Waals surface area contributed by atoms with Crippen molar-refractivity contribution in [3.63, 3.8) is 0 Å². The molecule has 4 heteroatoms. The Balaban J connectivity index is 1.95. The van der Waals surface area contributed by atoms with Gasteiger partial charge in [-0.25, -0.2) is 0 Å². The van der Waals surface area contributed by atoms with Crippen molar-refractivity contribution in [3.8, 4) is 11.8 Å². The summed E-state index contributed by atoms with van der Waals surface area (Å²) in [4.78, 5) is 13.0. The summed E-state index contributed by atoms with van der Waals surface area (Å²) in [5, 5.41) is 30.7. The Morgan fingerprint density at radius 2 is 1.36 bits per heavy atom. The molecule has 0 spiro atoms. The van der Waals surface area contributed by atoms with Gasteiger partial charge in [-0.05, 0) is 76.9 Å². The molecule has 2 aliphatic carbocycles. The van der Waals surface area contributed by atoms with Gasteiger partial charge < -0.3 is 15.3 Å². The predicted octanol–water partition coefficient (Wildman–Crippen LogP) is 9.14. The minimum Gasteiger partial charge on any atom is -0.508 e. The predicted molar refractivity (Wildman–Crippen MR) is 185 cm³/mol. The van der Waals surface area contributed by atoms with Gasteiger partial charge in [0.1, 0.15) is 5.76 Å². The average Bonchev–Trinajstić information content (AvgIpc) is 3.11. The Morgan fingerprint density at radius 1 is 0.795 bits per heavy atom. The molecule has 1 saturated carbocycles. The second kappa shape index (κ2) is 15.6. The van der Waals surface area contributed by atoms with Crippen LogP contribution >= 0.6 is 0 Å². The molecule has 0 aromatic carbocycles. The van der Waals surface area contributed by atoms with Crippen molar-refractivity contribution in [2.45, 2.75) is 107 Å². The normalized spacial score (nSPS) is 27.0. The van der Waals surface area contributed by atoms with Gasteiger partial charge in [-0.1, -0.05) is 124 Å². The van der Waals surface area contributed by atoms with Crippen molar-refractivity contribution in [2.75, 3.05) is 0 Å². The Bertz CT molecular complexity index is 1420. The molecule has 238 valence electrons. The van der Waals surface area contributed by atoms with Crippen LogP contribution in [-0.2, 0) is 4.79 Å². The van der Waals surface area contributed by atoms with Crippen LogP contribution in [-0.4, -0.2) is 33.3 Å². The first-order valence-electron chi connectivity index (χ1n) is 15.6. The summed E-state index contributed by atoms with van der Waals surface area (Å²) >= 11 is 0. The van der Waals surface area contributed by atoms with E-state index in [-0.39, 0.29) is 28.5 Å². The zero-order chi connectivity index (χ0) is 33.3. The van der Waals surface area contributed by atoms with Crippen LogP contribution in [0.5, 0.6) is 0 Å². The Hall–Kier alpha value is -3.39. The molecule has 0 heterocycles. The summed E-state index contributed by atoms with van der Waals surface area (Å²) in [6.45, 7) is 20.1. The molecule has 2 aliphatic rings. The summed E-state index contributed by atoms with van der Waals surface area (Å²) in [6, 6.07) is 0. The molecule has 0 unspecified atom stereocenters. The van der Waals surface area contributed by atoms with E-state index in [9.17, 15) is 20.1 Å². The lowest BCUT2D eigenvalue weighted by atomic mass is 9.66. The maximum atomic E-state index is 13.0. The SMILES string of the molecule is CC1=C(C#C/C(C)=C/C=C/C(C)=C/C=C/C=C(C)/C=C/C=C(C)/C(O)=C/C(=O)[C@]2(C)C[C@@H](O)CC2(C)C)C(C)(C)C[C@H](O)C1. The molecular formula is C40H54O4. The van der Waals surface area contributed by atoms with Crippen molar-refractivity contribution >= 4 is 5.78 Å². The van der Waals surface area contributed by atoms with Gasteiger partial charge in [0.2, 0.25) is 0 Å².